The van der Waals surface area contributed by atoms with Gasteiger partial charge in [-0.3, -0.25) is 4.57 Å². The summed E-state index contributed by atoms with van der Waals surface area (Å²) in [7, 11) is 0. The average molecular weight is 243 g/mol. The monoisotopic (exact) mass is 243 g/mol. The van der Waals surface area contributed by atoms with Crippen molar-refractivity contribution in [2.45, 2.75) is 39.7 Å². The Bertz CT molecular complexity index is 608. The smallest absolute Gasteiger partial charge is 0.181 e. The normalized spacial score (nSPS) is 13.8. The highest BCUT2D eigenvalue weighted by molar-refractivity contribution is 5.46. The van der Waals surface area contributed by atoms with Crippen LogP contribution in [0.25, 0.3) is 5.82 Å². The Hall–Kier alpha value is -1.84. The summed E-state index contributed by atoms with van der Waals surface area (Å²) in [6.07, 6.45) is 3.92. The van der Waals surface area contributed by atoms with E-state index in [9.17, 15) is 0 Å². The molecule has 0 N–H and O–H groups in total. The predicted octanol–water partition coefficient (Wildman–Crippen LogP) is 2.77. The molecule has 2 aromatic rings. The standard InChI is InChI=1S/C14H17N3O/c1-9-7-17-12(16-9)8-18-11-5-10(14(2,3)4)6-15-13(11)17/h5-7H,8H2,1-4H3. The van der Waals surface area contributed by atoms with Gasteiger partial charge in [0.25, 0.3) is 0 Å². The first kappa shape index (κ1) is 11.3. The van der Waals surface area contributed by atoms with E-state index in [1.807, 2.05) is 23.9 Å². The third-order valence-electron chi connectivity index (χ3n) is 3.18. The summed E-state index contributed by atoms with van der Waals surface area (Å²) in [6, 6.07) is 2.08. The molecule has 0 spiro atoms. The maximum absolute atomic E-state index is 5.75. The number of nitrogens with zero attached hydrogens (tertiary/aromatic N) is 3. The average Bonchev–Trinajstić information content (AvgIpc) is 2.68. The van der Waals surface area contributed by atoms with Gasteiger partial charge in [-0.1, -0.05) is 20.8 Å². The molecule has 0 unspecified atom stereocenters. The summed E-state index contributed by atoms with van der Waals surface area (Å²) in [6.45, 7) is 9.01. The second-order valence-electron chi connectivity index (χ2n) is 5.75. The summed E-state index contributed by atoms with van der Waals surface area (Å²) in [5.74, 6) is 2.59. The van der Waals surface area contributed by atoms with Crippen molar-refractivity contribution in [1.82, 2.24) is 14.5 Å². The first-order valence-electron chi connectivity index (χ1n) is 6.14. The maximum atomic E-state index is 5.75. The summed E-state index contributed by atoms with van der Waals surface area (Å²) in [5, 5.41) is 0. The number of hydrogen-bond acceptors (Lipinski definition) is 3. The molecule has 2 aromatic heterocycles. The lowest BCUT2D eigenvalue weighted by Gasteiger charge is -2.23. The van der Waals surface area contributed by atoms with E-state index in [0.717, 1.165) is 23.1 Å². The van der Waals surface area contributed by atoms with Crippen LogP contribution < -0.4 is 4.74 Å². The van der Waals surface area contributed by atoms with E-state index in [1.54, 1.807) is 0 Å². The van der Waals surface area contributed by atoms with Crippen molar-refractivity contribution in [3.8, 4) is 11.6 Å². The molecule has 3 rings (SSSR count). The summed E-state index contributed by atoms with van der Waals surface area (Å²) < 4.78 is 7.77. The Labute approximate surface area is 107 Å². The van der Waals surface area contributed by atoms with Crippen LogP contribution in [-0.4, -0.2) is 14.5 Å². The van der Waals surface area contributed by atoms with Gasteiger partial charge in [0.2, 0.25) is 0 Å². The Morgan fingerprint density at radius 3 is 2.83 bits per heavy atom. The third-order valence-corrected chi connectivity index (χ3v) is 3.18. The number of aryl methyl sites for hydroxylation is 1. The van der Waals surface area contributed by atoms with Crippen molar-refractivity contribution >= 4 is 0 Å². The minimum atomic E-state index is 0.0799. The summed E-state index contributed by atoms with van der Waals surface area (Å²) in [5.41, 5.74) is 2.25. The second kappa shape index (κ2) is 3.57. The van der Waals surface area contributed by atoms with E-state index in [1.165, 1.54) is 5.56 Å². The van der Waals surface area contributed by atoms with Crippen LogP contribution in [0.2, 0.25) is 0 Å². The van der Waals surface area contributed by atoms with Crippen molar-refractivity contribution < 1.29 is 4.74 Å². The van der Waals surface area contributed by atoms with E-state index >= 15 is 0 Å². The number of imidazole rings is 1. The number of pyridine rings is 1. The minimum absolute atomic E-state index is 0.0799. The van der Waals surface area contributed by atoms with Crippen LogP contribution in [0, 0.1) is 6.92 Å². The van der Waals surface area contributed by atoms with Crippen molar-refractivity contribution in [2.24, 2.45) is 0 Å². The molecule has 4 nitrogen and oxygen atoms in total. The van der Waals surface area contributed by atoms with Gasteiger partial charge in [-0.2, -0.15) is 0 Å². The van der Waals surface area contributed by atoms with E-state index in [2.05, 4.69) is 36.8 Å². The molecule has 0 fully saturated rings. The molecule has 1 aliphatic heterocycles. The van der Waals surface area contributed by atoms with Crippen molar-refractivity contribution in [3.05, 3.63) is 35.5 Å². The van der Waals surface area contributed by atoms with Gasteiger partial charge in [0.1, 0.15) is 6.61 Å². The van der Waals surface area contributed by atoms with Crippen LogP contribution in [0.15, 0.2) is 18.5 Å². The predicted molar refractivity (Wildman–Crippen MR) is 69.1 cm³/mol. The molecular weight excluding hydrogens is 226 g/mol. The summed E-state index contributed by atoms with van der Waals surface area (Å²) >= 11 is 0. The van der Waals surface area contributed by atoms with Crippen LogP contribution in [0.4, 0.5) is 0 Å². The first-order valence-corrected chi connectivity index (χ1v) is 6.14. The lowest BCUT2D eigenvalue weighted by atomic mass is 9.88. The zero-order valence-corrected chi connectivity index (χ0v) is 11.2. The van der Waals surface area contributed by atoms with Crippen LogP contribution in [0.1, 0.15) is 37.9 Å². The third kappa shape index (κ3) is 1.68. The highest BCUT2D eigenvalue weighted by Gasteiger charge is 2.23. The molecule has 0 saturated heterocycles. The van der Waals surface area contributed by atoms with E-state index < -0.39 is 0 Å². The molecule has 18 heavy (non-hydrogen) atoms. The quantitative estimate of drug-likeness (QED) is 0.714. The topological polar surface area (TPSA) is 39.9 Å². The Balaban J connectivity index is 2.14. The molecule has 94 valence electrons. The maximum Gasteiger partial charge on any atom is 0.181 e. The molecule has 0 atom stereocenters. The number of fused-ring (bicyclic) bond motifs is 3. The molecule has 1 aliphatic rings. The van der Waals surface area contributed by atoms with Gasteiger partial charge in [0.05, 0.1) is 5.69 Å². The van der Waals surface area contributed by atoms with E-state index in [0.29, 0.717) is 6.61 Å². The van der Waals surface area contributed by atoms with Gasteiger partial charge in [-0.05, 0) is 24.0 Å². The Kier molecular flexibility index (Phi) is 2.24. The number of ether oxygens (including phenoxy) is 1. The lowest BCUT2D eigenvalue weighted by Crippen LogP contribution is -2.17. The molecule has 3 heterocycles. The molecule has 4 heteroatoms. The Morgan fingerprint density at radius 1 is 1.33 bits per heavy atom. The van der Waals surface area contributed by atoms with Crippen LogP contribution >= 0.6 is 0 Å². The Morgan fingerprint density at radius 2 is 2.11 bits per heavy atom. The first-order chi connectivity index (χ1) is 8.45. The zero-order valence-electron chi connectivity index (χ0n) is 11.2. The number of rotatable bonds is 0. The van der Waals surface area contributed by atoms with Crippen LogP contribution in [0.3, 0.4) is 0 Å². The molecule has 0 aromatic carbocycles. The van der Waals surface area contributed by atoms with Crippen molar-refractivity contribution in [3.63, 3.8) is 0 Å². The minimum Gasteiger partial charge on any atom is -0.482 e. The highest BCUT2D eigenvalue weighted by atomic mass is 16.5. The molecule has 0 aliphatic carbocycles. The largest absolute Gasteiger partial charge is 0.482 e. The van der Waals surface area contributed by atoms with Gasteiger partial charge in [-0.15, -0.1) is 0 Å². The number of aromatic nitrogens is 3. The van der Waals surface area contributed by atoms with Crippen molar-refractivity contribution in [2.75, 3.05) is 0 Å². The molecular formula is C14H17N3O. The molecule has 0 saturated carbocycles. The van der Waals surface area contributed by atoms with Crippen molar-refractivity contribution in [1.29, 1.82) is 0 Å². The summed E-state index contributed by atoms with van der Waals surface area (Å²) in [4.78, 5) is 8.96. The van der Waals surface area contributed by atoms with Gasteiger partial charge in [0, 0.05) is 12.4 Å². The molecule has 0 amide bonds. The zero-order chi connectivity index (χ0) is 12.9. The molecule has 0 radical (unpaired) electrons. The fourth-order valence-electron chi connectivity index (χ4n) is 2.11. The SMILES string of the molecule is Cc1cn2c(n1)COc1cc(C(C)(C)C)cnc1-2. The van der Waals surface area contributed by atoms with Crippen LogP contribution in [0.5, 0.6) is 5.75 Å². The van der Waals surface area contributed by atoms with E-state index in [4.69, 9.17) is 4.74 Å². The number of hydrogen-bond donors (Lipinski definition) is 0. The molecule has 0 bridgehead atoms. The fourth-order valence-corrected chi connectivity index (χ4v) is 2.11. The van der Waals surface area contributed by atoms with Gasteiger partial charge in [-0.25, -0.2) is 9.97 Å². The van der Waals surface area contributed by atoms with Gasteiger partial charge < -0.3 is 4.74 Å². The second-order valence-corrected chi connectivity index (χ2v) is 5.75. The lowest BCUT2D eigenvalue weighted by molar-refractivity contribution is 0.276. The van der Waals surface area contributed by atoms with Gasteiger partial charge >= 0.3 is 0 Å². The van der Waals surface area contributed by atoms with Crippen LogP contribution in [-0.2, 0) is 12.0 Å². The van der Waals surface area contributed by atoms with Gasteiger partial charge in [0.15, 0.2) is 17.4 Å². The fraction of sp³-hybridized carbons (Fsp3) is 0.429. The highest BCUT2D eigenvalue weighted by Crippen LogP contribution is 2.32. The van der Waals surface area contributed by atoms with E-state index in [-0.39, 0.29) is 5.41 Å².